The Bertz CT molecular complexity index is 522. The summed E-state index contributed by atoms with van der Waals surface area (Å²) in [7, 11) is 1.30. The molecule has 100 valence electrons. The number of hydrogen-bond acceptors (Lipinski definition) is 4. The Labute approximate surface area is 116 Å². The highest BCUT2D eigenvalue weighted by Gasteiger charge is 2.32. The molecule has 1 aromatic rings. The Morgan fingerprint density at radius 2 is 2.05 bits per heavy atom. The molecule has 1 aromatic carbocycles. The van der Waals surface area contributed by atoms with E-state index >= 15 is 0 Å². The number of nitrogens with zero attached hydrogens (tertiary/aromatic N) is 1. The van der Waals surface area contributed by atoms with Crippen molar-refractivity contribution in [1.29, 1.82) is 0 Å². The van der Waals surface area contributed by atoms with Crippen LogP contribution < -0.4 is 0 Å². The number of rotatable bonds is 2. The summed E-state index contributed by atoms with van der Waals surface area (Å²) in [4.78, 5) is 27.6. The maximum Gasteiger partial charge on any atom is 0.316 e. The predicted molar refractivity (Wildman–Crippen MR) is 72.9 cm³/mol. The largest absolute Gasteiger partial charge is 0.468 e. The lowest BCUT2D eigenvalue weighted by atomic mass is 9.86. The van der Waals surface area contributed by atoms with Gasteiger partial charge in [0.25, 0.3) is 0 Å². The maximum absolute atomic E-state index is 11.8. The minimum Gasteiger partial charge on any atom is -0.468 e. The number of halogens is 1. The Hall–Kier alpha value is -1.68. The van der Waals surface area contributed by atoms with Gasteiger partial charge in [0.1, 0.15) is 5.92 Å². The van der Waals surface area contributed by atoms with Crippen LogP contribution in [0.25, 0.3) is 0 Å². The van der Waals surface area contributed by atoms with E-state index < -0.39 is 11.9 Å². The molecule has 1 aliphatic rings. The zero-order valence-electron chi connectivity index (χ0n) is 10.6. The van der Waals surface area contributed by atoms with Gasteiger partial charge in [-0.05, 0) is 37.1 Å². The van der Waals surface area contributed by atoms with Crippen LogP contribution in [-0.2, 0) is 14.3 Å². The van der Waals surface area contributed by atoms with Crippen molar-refractivity contribution in [2.75, 3.05) is 7.11 Å². The van der Waals surface area contributed by atoms with Crippen molar-refractivity contribution in [3.63, 3.8) is 0 Å². The first-order valence-corrected chi connectivity index (χ1v) is 6.40. The summed E-state index contributed by atoms with van der Waals surface area (Å²) >= 11 is 5.79. The lowest BCUT2D eigenvalue weighted by molar-refractivity contribution is -0.149. The van der Waals surface area contributed by atoms with Crippen molar-refractivity contribution >= 4 is 34.8 Å². The molecule has 0 saturated heterocycles. The second kappa shape index (κ2) is 5.97. The van der Waals surface area contributed by atoms with Crippen LogP contribution in [0.3, 0.4) is 0 Å². The van der Waals surface area contributed by atoms with Crippen molar-refractivity contribution in [1.82, 2.24) is 0 Å². The normalized spacial score (nSPS) is 21.5. The van der Waals surface area contributed by atoms with E-state index in [-0.39, 0.29) is 12.2 Å². The van der Waals surface area contributed by atoms with E-state index in [1.54, 1.807) is 24.3 Å². The number of Topliss-reactive ketones (excluding diaryl/α,β-unsaturated/α-hetero) is 1. The molecule has 1 atom stereocenters. The maximum atomic E-state index is 11.8. The van der Waals surface area contributed by atoms with E-state index in [4.69, 9.17) is 11.6 Å². The second-order valence-electron chi connectivity index (χ2n) is 4.41. The Balaban J connectivity index is 2.07. The van der Waals surface area contributed by atoms with Gasteiger partial charge in [0.2, 0.25) is 0 Å². The minimum absolute atomic E-state index is 0.120. The lowest BCUT2D eigenvalue weighted by Gasteiger charge is -2.19. The topological polar surface area (TPSA) is 55.7 Å². The first kappa shape index (κ1) is 13.7. The molecule has 1 fully saturated rings. The number of aliphatic imine (C=N–C) groups is 1. The van der Waals surface area contributed by atoms with E-state index in [1.165, 1.54) is 7.11 Å². The number of hydrogen-bond donors (Lipinski definition) is 0. The van der Waals surface area contributed by atoms with Crippen LogP contribution in [0, 0.1) is 5.92 Å². The molecule has 0 aromatic heterocycles. The quantitative estimate of drug-likeness (QED) is 0.618. The zero-order valence-corrected chi connectivity index (χ0v) is 11.3. The summed E-state index contributed by atoms with van der Waals surface area (Å²) in [6.45, 7) is 0. The van der Waals surface area contributed by atoms with Crippen LogP contribution in [0.5, 0.6) is 0 Å². The van der Waals surface area contributed by atoms with Gasteiger partial charge in [-0.25, -0.2) is 0 Å². The first-order chi connectivity index (χ1) is 9.10. The highest BCUT2D eigenvalue weighted by atomic mass is 35.5. The molecule has 2 rings (SSSR count). The van der Waals surface area contributed by atoms with Crippen LogP contribution in [-0.4, -0.2) is 24.6 Å². The van der Waals surface area contributed by atoms with Gasteiger partial charge in [-0.15, -0.1) is 0 Å². The molecule has 0 N–H and O–H groups in total. The number of benzene rings is 1. The van der Waals surface area contributed by atoms with Crippen LogP contribution >= 0.6 is 11.6 Å². The lowest BCUT2D eigenvalue weighted by Crippen LogP contribution is -2.31. The van der Waals surface area contributed by atoms with Gasteiger partial charge in [-0.1, -0.05) is 11.6 Å². The Morgan fingerprint density at radius 3 is 2.63 bits per heavy atom. The summed E-state index contributed by atoms with van der Waals surface area (Å²) in [5.74, 6) is -1.20. The summed E-state index contributed by atoms with van der Waals surface area (Å²) in [6.07, 6.45) is 1.31. The van der Waals surface area contributed by atoms with Crippen molar-refractivity contribution < 1.29 is 14.3 Å². The van der Waals surface area contributed by atoms with Crippen LogP contribution in [0.2, 0.25) is 5.02 Å². The van der Waals surface area contributed by atoms with Crippen molar-refractivity contribution in [3.8, 4) is 0 Å². The monoisotopic (exact) mass is 279 g/mol. The molecule has 0 radical (unpaired) electrons. The van der Waals surface area contributed by atoms with Gasteiger partial charge in [-0.2, -0.15) is 0 Å². The Kier molecular flexibility index (Phi) is 4.32. The van der Waals surface area contributed by atoms with E-state index in [9.17, 15) is 9.59 Å². The fourth-order valence-corrected chi connectivity index (χ4v) is 2.20. The van der Waals surface area contributed by atoms with Crippen LogP contribution in [0.15, 0.2) is 29.3 Å². The molecular formula is C14H14ClNO3. The average Bonchev–Trinajstić information content (AvgIpc) is 2.41. The second-order valence-corrected chi connectivity index (χ2v) is 4.85. The smallest absolute Gasteiger partial charge is 0.316 e. The number of methoxy groups -OCH3 is 1. The molecule has 4 nitrogen and oxygen atoms in total. The predicted octanol–water partition coefficient (Wildman–Crippen LogP) is 2.95. The number of esters is 1. The molecule has 0 spiro atoms. The third kappa shape index (κ3) is 3.41. The van der Waals surface area contributed by atoms with E-state index in [2.05, 4.69) is 9.73 Å². The molecule has 0 heterocycles. The van der Waals surface area contributed by atoms with E-state index in [1.807, 2.05) is 0 Å². The molecule has 1 unspecified atom stereocenters. The third-order valence-electron chi connectivity index (χ3n) is 3.09. The average molecular weight is 280 g/mol. The molecule has 1 aliphatic carbocycles. The molecule has 5 heteroatoms. The number of carbonyl (C=O) groups excluding carboxylic acids is 2. The highest BCUT2D eigenvalue weighted by Crippen LogP contribution is 2.24. The van der Waals surface area contributed by atoms with Crippen LogP contribution in [0.1, 0.15) is 19.3 Å². The highest BCUT2D eigenvalue weighted by molar-refractivity contribution is 6.30. The fraction of sp³-hybridized carbons (Fsp3) is 0.357. The molecule has 19 heavy (non-hydrogen) atoms. The molecule has 0 aliphatic heterocycles. The van der Waals surface area contributed by atoms with Crippen molar-refractivity contribution in [2.45, 2.75) is 19.3 Å². The van der Waals surface area contributed by atoms with Gasteiger partial charge < -0.3 is 4.74 Å². The number of ketones is 1. The van der Waals surface area contributed by atoms with E-state index in [0.717, 1.165) is 11.4 Å². The number of carbonyl (C=O) groups is 2. The van der Waals surface area contributed by atoms with Gasteiger partial charge in [0.05, 0.1) is 12.8 Å². The van der Waals surface area contributed by atoms with Crippen molar-refractivity contribution in [2.24, 2.45) is 10.9 Å². The minimum atomic E-state index is -0.630. The summed E-state index contributed by atoms with van der Waals surface area (Å²) < 4.78 is 4.61. The standard InChI is InChI=1S/C14H14ClNO3/c1-19-14(18)12-7-6-11(8-13(12)17)16-10-4-2-9(15)3-5-10/h2-5,12H,6-8H2,1H3. The van der Waals surface area contributed by atoms with Gasteiger partial charge in [-0.3, -0.25) is 14.6 Å². The van der Waals surface area contributed by atoms with Gasteiger partial charge in [0, 0.05) is 17.2 Å². The van der Waals surface area contributed by atoms with Crippen LogP contribution in [0.4, 0.5) is 5.69 Å². The summed E-state index contributed by atoms with van der Waals surface area (Å²) in [5, 5.41) is 0.648. The molecular weight excluding hydrogens is 266 g/mol. The third-order valence-corrected chi connectivity index (χ3v) is 3.34. The SMILES string of the molecule is COC(=O)C1CCC(=Nc2ccc(Cl)cc2)CC1=O. The molecule has 0 amide bonds. The number of ether oxygens (including phenoxy) is 1. The molecule has 1 saturated carbocycles. The molecule has 0 bridgehead atoms. The Morgan fingerprint density at radius 1 is 1.37 bits per heavy atom. The van der Waals surface area contributed by atoms with E-state index in [0.29, 0.717) is 17.9 Å². The fourth-order valence-electron chi connectivity index (χ4n) is 2.07. The van der Waals surface area contributed by atoms with Crippen molar-refractivity contribution in [3.05, 3.63) is 29.3 Å². The van der Waals surface area contributed by atoms with Gasteiger partial charge in [0.15, 0.2) is 5.78 Å². The summed E-state index contributed by atoms with van der Waals surface area (Å²) in [5.41, 5.74) is 1.57. The first-order valence-electron chi connectivity index (χ1n) is 6.02. The zero-order chi connectivity index (χ0) is 13.8. The van der Waals surface area contributed by atoms with Gasteiger partial charge >= 0.3 is 5.97 Å². The summed E-state index contributed by atoms with van der Waals surface area (Å²) in [6, 6.07) is 7.10.